The number of ether oxygens (including phenoxy) is 3. The van der Waals surface area contributed by atoms with Crippen LogP contribution in [0.3, 0.4) is 0 Å². The van der Waals surface area contributed by atoms with Gasteiger partial charge in [-0.25, -0.2) is 13.6 Å². The number of anilines is 1. The molecule has 0 spiro atoms. The van der Waals surface area contributed by atoms with Gasteiger partial charge in [0.2, 0.25) is 15.9 Å². The largest absolute Gasteiger partial charge is 0.497 e. The fourth-order valence-electron chi connectivity index (χ4n) is 2.47. The Morgan fingerprint density at radius 1 is 1.00 bits per heavy atom. The van der Waals surface area contributed by atoms with Crippen molar-refractivity contribution >= 4 is 21.6 Å². The lowest BCUT2D eigenvalue weighted by Crippen LogP contribution is -2.16. The van der Waals surface area contributed by atoms with Crippen LogP contribution in [0.5, 0.6) is 17.2 Å². The molecule has 0 aliphatic rings. The van der Waals surface area contributed by atoms with E-state index in [1.165, 1.54) is 19.2 Å². The van der Waals surface area contributed by atoms with Crippen LogP contribution in [-0.4, -0.2) is 35.7 Å². The van der Waals surface area contributed by atoms with Gasteiger partial charge in [0.25, 0.3) is 0 Å². The van der Waals surface area contributed by atoms with E-state index in [4.69, 9.17) is 19.3 Å². The van der Waals surface area contributed by atoms with E-state index in [1.54, 1.807) is 26.4 Å². The van der Waals surface area contributed by atoms with E-state index in [1.807, 2.05) is 12.1 Å². The average Bonchev–Trinajstić information content (AvgIpc) is 2.65. The standard InChI is InChI=1S/C18H22N2O6S/c1-24-14-8-12(9-15(11-14)25-2)4-7-18(21)20-13-5-6-16(26-3)17(10-13)27(19,22)23/h5-6,8-11H,4,7H2,1-3H3,(H,20,21)(H2,19,22,23). The normalized spacial score (nSPS) is 11.0. The zero-order valence-corrected chi connectivity index (χ0v) is 16.1. The molecule has 1 amide bonds. The van der Waals surface area contributed by atoms with Crippen molar-refractivity contribution in [3.05, 3.63) is 42.0 Å². The monoisotopic (exact) mass is 394 g/mol. The third kappa shape index (κ3) is 5.60. The van der Waals surface area contributed by atoms with Gasteiger partial charge in [0, 0.05) is 18.2 Å². The van der Waals surface area contributed by atoms with Gasteiger partial charge in [0.05, 0.1) is 21.3 Å². The summed E-state index contributed by atoms with van der Waals surface area (Å²) >= 11 is 0. The summed E-state index contributed by atoms with van der Waals surface area (Å²) in [5.41, 5.74) is 1.19. The van der Waals surface area contributed by atoms with Gasteiger partial charge in [0.15, 0.2) is 0 Å². The van der Waals surface area contributed by atoms with Gasteiger partial charge in [-0.1, -0.05) is 0 Å². The molecule has 3 N–H and O–H groups in total. The number of rotatable bonds is 8. The number of hydrogen-bond acceptors (Lipinski definition) is 6. The van der Waals surface area contributed by atoms with E-state index in [-0.39, 0.29) is 23.0 Å². The first-order chi connectivity index (χ1) is 12.8. The highest BCUT2D eigenvalue weighted by atomic mass is 32.2. The third-order valence-corrected chi connectivity index (χ3v) is 4.74. The highest BCUT2D eigenvalue weighted by molar-refractivity contribution is 7.89. The first kappa shape index (κ1) is 20.5. The molecule has 2 aromatic carbocycles. The van der Waals surface area contributed by atoms with Crippen molar-refractivity contribution in [1.82, 2.24) is 0 Å². The number of sulfonamides is 1. The molecule has 8 nitrogen and oxygen atoms in total. The van der Waals surface area contributed by atoms with Gasteiger partial charge in [-0.05, 0) is 42.3 Å². The van der Waals surface area contributed by atoms with Gasteiger partial charge in [0.1, 0.15) is 22.1 Å². The number of methoxy groups -OCH3 is 3. The first-order valence-electron chi connectivity index (χ1n) is 7.99. The minimum Gasteiger partial charge on any atom is -0.497 e. The minimum atomic E-state index is -3.98. The van der Waals surface area contributed by atoms with Crippen molar-refractivity contribution < 1.29 is 27.4 Å². The van der Waals surface area contributed by atoms with Crippen molar-refractivity contribution in [2.24, 2.45) is 5.14 Å². The number of amides is 1. The lowest BCUT2D eigenvalue weighted by molar-refractivity contribution is -0.116. The molecule has 2 aromatic rings. The number of nitrogens with one attached hydrogen (secondary N) is 1. The van der Waals surface area contributed by atoms with Crippen LogP contribution in [0.1, 0.15) is 12.0 Å². The lowest BCUT2D eigenvalue weighted by atomic mass is 10.1. The Kier molecular flexibility index (Phi) is 6.65. The Morgan fingerprint density at radius 2 is 1.63 bits per heavy atom. The molecule has 9 heteroatoms. The Balaban J connectivity index is 2.08. The summed E-state index contributed by atoms with van der Waals surface area (Å²) in [6, 6.07) is 9.63. The predicted molar refractivity (Wildman–Crippen MR) is 101 cm³/mol. The second-order valence-electron chi connectivity index (χ2n) is 5.68. The van der Waals surface area contributed by atoms with Crippen LogP contribution in [0, 0.1) is 0 Å². The van der Waals surface area contributed by atoms with Gasteiger partial charge < -0.3 is 19.5 Å². The molecule has 0 aromatic heterocycles. The number of hydrogen-bond donors (Lipinski definition) is 2. The smallest absolute Gasteiger partial charge is 0.241 e. The summed E-state index contributed by atoms with van der Waals surface area (Å²) in [4.78, 5) is 12.0. The lowest BCUT2D eigenvalue weighted by Gasteiger charge is -2.11. The first-order valence-corrected chi connectivity index (χ1v) is 9.54. The molecule has 146 valence electrons. The highest BCUT2D eigenvalue weighted by Crippen LogP contribution is 2.26. The number of carbonyl (C=O) groups is 1. The summed E-state index contributed by atoms with van der Waals surface area (Å²) in [5, 5.41) is 7.83. The summed E-state index contributed by atoms with van der Waals surface area (Å²) in [7, 11) is 0.467. The van der Waals surface area contributed by atoms with Gasteiger partial charge in [-0.3, -0.25) is 4.79 Å². The molecule has 2 rings (SSSR count). The molecule has 0 saturated carbocycles. The number of nitrogens with two attached hydrogens (primary N) is 1. The molecule has 0 unspecified atom stereocenters. The molecule has 0 atom stereocenters. The van der Waals surface area contributed by atoms with E-state index in [0.29, 0.717) is 23.6 Å². The van der Waals surface area contributed by atoms with Crippen LogP contribution >= 0.6 is 0 Å². The molecule has 27 heavy (non-hydrogen) atoms. The molecule has 0 fully saturated rings. The van der Waals surface area contributed by atoms with Crippen molar-refractivity contribution in [3.63, 3.8) is 0 Å². The topological polar surface area (TPSA) is 117 Å². The van der Waals surface area contributed by atoms with Gasteiger partial charge in [-0.2, -0.15) is 0 Å². The number of carbonyl (C=O) groups excluding carboxylic acids is 1. The Hall–Kier alpha value is -2.78. The van der Waals surface area contributed by atoms with Crippen molar-refractivity contribution in [2.45, 2.75) is 17.7 Å². The average molecular weight is 394 g/mol. The van der Waals surface area contributed by atoms with Crippen LogP contribution in [-0.2, 0) is 21.2 Å². The predicted octanol–water partition coefficient (Wildman–Crippen LogP) is 1.93. The van der Waals surface area contributed by atoms with Crippen LogP contribution in [0.15, 0.2) is 41.3 Å². The number of benzene rings is 2. The Morgan fingerprint density at radius 3 is 2.15 bits per heavy atom. The van der Waals surface area contributed by atoms with Crippen molar-refractivity contribution in [2.75, 3.05) is 26.6 Å². The molecule has 0 saturated heterocycles. The molecule has 0 aliphatic heterocycles. The molecule has 0 aliphatic carbocycles. The van der Waals surface area contributed by atoms with E-state index < -0.39 is 10.0 Å². The molecule has 0 heterocycles. The Bertz CT molecular complexity index is 905. The zero-order valence-electron chi connectivity index (χ0n) is 15.3. The SMILES string of the molecule is COc1cc(CCC(=O)Nc2ccc(OC)c(S(N)(=O)=O)c2)cc(OC)c1. The maximum Gasteiger partial charge on any atom is 0.241 e. The zero-order chi connectivity index (χ0) is 20.0. The second-order valence-corrected chi connectivity index (χ2v) is 7.21. The van der Waals surface area contributed by atoms with E-state index >= 15 is 0 Å². The fraction of sp³-hybridized carbons (Fsp3) is 0.278. The number of primary sulfonamides is 1. The van der Waals surface area contributed by atoms with E-state index in [9.17, 15) is 13.2 Å². The maximum atomic E-state index is 12.2. The van der Waals surface area contributed by atoms with E-state index in [2.05, 4.69) is 5.32 Å². The van der Waals surface area contributed by atoms with Crippen molar-refractivity contribution in [3.8, 4) is 17.2 Å². The highest BCUT2D eigenvalue weighted by Gasteiger charge is 2.16. The summed E-state index contributed by atoms with van der Waals surface area (Å²) in [5.74, 6) is 1.11. The molecular formula is C18H22N2O6S. The van der Waals surface area contributed by atoms with Gasteiger partial charge >= 0.3 is 0 Å². The summed E-state index contributed by atoms with van der Waals surface area (Å²) in [6.45, 7) is 0. The number of aryl methyl sites for hydroxylation is 1. The second kappa shape index (κ2) is 8.74. The van der Waals surface area contributed by atoms with Crippen LogP contribution in [0.2, 0.25) is 0 Å². The molecule has 0 radical (unpaired) electrons. The summed E-state index contributed by atoms with van der Waals surface area (Å²) < 4.78 is 38.7. The summed E-state index contributed by atoms with van der Waals surface area (Å²) in [6.07, 6.45) is 0.644. The fourth-order valence-corrected chi connectivity index (χ4v) is 3.19. The van der Waals surface area contributed by atoms with Crippen molar-refractivity contribution in [1.29, 1.82) is 0 Å². The Labute approximate surface area is 158 Å². The van der Waals surface area contributed by atoms with Crippen LogP contribution in [0.4, 0.5) is 5.69 Å². The molecular weight excluding hydrogens is 372 g/mol. The quantitative estimate of drug-likeness (QED) is 0.707. The maximum absolute atomic E-state index is 12.2. The van der Waals surface area contributed by atoms with Crippen LogP contribution < -0.4 is 24.7 Å². The molecule has 0 bridgehead atoms. The minimum absolute atomic E-state index is 0.110. The third-order valence-electron chi connectivity index (χ3n) is 3.81. The van der Waals surface area contributed by atoms with Gasteiger partial charge in [-0.15, -0.1) is 0 Å². The van der Waals surface area contributed by atoms with Crippen LogP contribution in [0.25, 0.3) is 0 Å². The van der Waals surface area contributed by atoms with E-state index in [0.717, 1.165) is 5.56 Å².